The van der Waals surface area contributed by atoms with E-state index in [4.69, 9.17) is 11.6 Å². The van der Waals surface area contributed by atoms with Crippen molar-refractivity contribution in [1.29, 1.82) is 0 Å². The molecule has 0 aliphatic rings. The Hall–Kier alpha value is -0.510. The molecule has 0 saturated heterocycles. The topological polar surface area (TPSA) is 17.1 Å². The number of halogens is 1. The number of thiophene rings is 1. The molecule has 0 atom stereocenters. The van der Waals surface area contributed by atoms with Crippen molar-refractivity contribution in [2.45, 2.75) is 10.8 Å². The highest BCUT2D eigenvalue weighted by Crippen LogP contribution is 2.33. The summed E-state index contributed by atoms with van der Waals surface area (Å²) in [5.41, 5.74) is 1.06. The minimum atomic E-state index is 0.492. The van der Waals surface area contributed by atoms with Crippen LogP contribution in [-0.4, -0.2) is 6.29 Å². The van der Waals surface area contributed by atoms with Gasteiger partial charge in [-0.3, -0.25) is 4.79 Å². The van der Waals surface area contributed by atoms with Crippen molar-refractivity contribution >= 4 is 51.9 Å². The normalized spacial score (nSPS) is 10.7. The van der Waals surface area contributed by atoms with Crippen LogP contribution in [0.1, 0.15) is 15.2 Å². The molecular weight excluding hydrogens is 236 g/mol. The summed E-state index contributed by atoms with van der Waals surface area (Å²) < 4.78 is 1.07. The number of rotatable bonds is 2. The van der Waals surface area contributed by atoms with Gasteiger partial charge in [0.05, 0.1) is 4.88 Å². The van der Waals surface area contributed by atoms with E-state index < -0.39 is 0 Å². The highest BCUT2D eigenvalue weighted by atomic mass is 35.5. The molecule has 2 rings (SSSR count). The molecule has 0 spiro atoms. The minimum Gasteiger partial charge on any atom is -0.297 e. The Kier molecular flexibility index (Phi) is 2.81. The first kappa shape index (κ1) is 10.0. The molecule has 0 bridgehead atoms. The van der Waals surface area contributed by atoms with Crippen molar-refractivity contribution in [3.63, 3.8) is 0 Å². The molecular formula is C10H7ClOS2. The van der Waals surface area contributed by atoms with Crippen molar-refractivity contribution in [3.8, 4) is 0 Å². The van der Waals surface area contributed by atoms with E-state index >= 15 is 0 Å². The number of carbonyl (C=O) groups is 1. The van der Waals surface area contributed by atoms with E-state index in [0.717, 1.165) is 26.8 Å². The van der Waals surface area contributed by atoms with Gasteiger partial charge < -0.3 is 0 Å². The standard InChI is InChI=1S/C10H7ClOS2/c11-4-6-1-2-7-8(3-6)14-9(5-12)10(7)13/h1-3,5,13H,4H2. The quantitative estimate of drug-likeness (QED) is 0.482. The zero-order valence-corrected chi connectivity index (χ0v) is 9.63. The molecule has 0 fully saturated rings. The third-order valence-corrected chi connectivity index (χ3v) is 4.04. The second kappa shape index (κ2) is 3.93. The molecule has 0 aliphatic heterocycles. The van der Waals surface area contributed by atoms with Crippen molar-refractivity contribution in [3.05, 3.63) is 28.6 Å². The van der Waals surface area contributed by atoms with Gasteiger partial charge in [0.15, 0.2) is 6.29 Å². The van der Waals surface area contributed by atoms with Crippen LogP contribution in [0.5, 0.6) is 0 Å². The molecule has 0 N–H and O–H groups in total. The number of hydrogen-bond acceptors (Lipinski definition) is 3. The lowest BCUT2D eigenvalue weighted by Crippen LogP contribution is -1.75. The second-order valence-electron chi connectivity index (χ2n) is 2.90. The molecule has 0 radical (unpaired) electrons. The van der Waals surface area contributed by atoms with Gasteiger partial charge in [-0.25, -0.2) is 0 Å². The summed E-state index contributed by atoms with van der Waals surface area (Å²) in [6.45, 7) is 0. The van der Waals surface area contributed by atoms with Crippen molar-refractivity contribution < 1.29 is 4.79 Å². The van der Waals surface area contributed by atoms with Gasteiger partial charge in [-0.2, -0.15) is 0 Å². The average molecular weight is 243 g/mol. The molecule has 1 nitrogen and oxygen atoms in total. The zero-order chi connectivity index (χ0) is 10.1. The molecule has 72 valence electrons. The summed E-state index contributed by atoms with van der Waals surface area (Å²) in [7, 11) is 0. The summed E-state index contributed by atoms with van der Waals surface area (Å²) in [4.78, 5) is 12.1. The van der Waals surface area contributed by atoms with Crippen molar-refractivity contribution in [2.24, 2.45) is 0 Å². The van der Waals surface area contributed by atoms with E-state index in [9.17, 15) is 4.79 Å². The molecule has 0 unspecified atom stereocenters. The average Bonchev–Trinajstić information content (AvgIpc) is 2.55. The van der Waals surface area contributed by atoms with E-state index in [1.165, 1.54) is 11.3 Å². The number of thiol groups is 1. The predicted octanol–water partition coefficient (Wildman–Crippen LogP) is 3.74. The first-order valence-corrected chi connectivity index (χ1v) is 5.81. The largest absolute Gasteiger partial charge is 0.297 e. The van der Waals surface area contributed by atoms with Crippen LogP contribution in [0.15, 0.2) is 23.1 Å². The fourth-order valence-electron chi connectivity index (χ4n) is 1.31. The summed E-state index contributed by atoms with van der Waals surface area (Å²) in [6.07, 6.45) is 0.841. The smallest absolute Gasteiger partial charge is 0.161 e. The Bertz CT molecular complexity index is 490. The van der Waals surface area contributed by atoms with Gasteiger partial charge in [0.25, 0.3) is 0 Å². The Balaban J connectivity index is 2.72. The highest BCUT2D eigenvalue weighted by Gasteiger charge is 2.08. The van der Waals surface area contributed by atoms with Crippen LogP contribution in [-0.2, 0) is 5.88 Å². The maximum atomic E-state index is 10.7. The van der Waals surface area contributed by atoms with E-state index in [1.807, 2.05) is 18.2 Å². The molecule has 0 saturated carbocycles. The predicted molar refractivity (Wildman–Crippen MR) is 64.0 cm³/mol. The van der Waals surface area contributed by atoms with Crippen LogP contribution in [0.25, 0.3) is 10.1 Å². The third kappa shape index (κ3) is 1.56. The Morgan fingerprint density at radius 3 is 2.93 bits per heavy atom. The van der Waals surface area contributed by atoms with Crippen LogP contribution in [0.2, 0.25) is 0 Å². The van der Waals surface area contributed by atoms with E-state index in [2.05, 4.69) is 12.6 Å². The lowest BCUT2D eigenvalue weighted by atomic mass is 10.2. The number of benzene rings is 1. The molecule has 4 heteroatoms. The molecule has 2 aromatic rings. The molecule has 1 aromatic carbocycles. The maximum absolute atomic E-state index is 10.7. The molecule has 14 heavy (non-hydrogen) atoms. The molecule has 0 amide bonds. The summed E-state index contributed by atoms with van der Waals surface area (Å²) in [6, 6.07) is 5.91. The fourth-order valence-corrected chi connectivity index (χ4v) is 2.92. The maximum Gasteiger partial charge on any atom is 0.161 e. The van der Waals surface area contributed by atoms with Crippen molar-refractivity contribution in [2.75, 3.05) is 0 Å². The van der Waals surface area contributed by atoms with Crippen LogP contribution in [0.3, 0.4) is 0 Å². The molecule has 1 heterocycles. The van der Waals surface area contributed by atoms with Crippen LogP contribution in [0.4, 0.5) is 0 Å². The van der Waals surface area contributed by atoms with Gasteiger partial charge in [0, 0.05) is 20.9 Å². The molecule has 1 aromatic heterocycles. The van der Waals surface area contributed by atoms with Crippen LogP contribution < -0.4 is 0 Å². The lowest BCUT2D eigenvalue weighted by molar-refractivity contribution is 0.112. The van der Waals surface area contributed by atoms with Crippen LogP contribution >= 0.6 is 35.6 Å². The Labute approximate surface area is 96.1 Å². The van der Waals surface area contributed by atoms with E-state index in [-0.39, 0.29) is 0 Å². The van der Waals surface area contributed by atoms with E-state index in [1.54, 1.807) is 0 Å². The van der Waals surface area contributed by atoms with Gasteiger partial charge in [0.1, 0.15) is 0 Å². The SMILES string of the molecule is O=Cc1sc2cc(CCl)ccc2c1S. The first-order valence-electron chi connectivity index (χ1n) is 4.02. The van der Waals surface area contributed by atoms with Crippen LogP contribution in [0, 0.1) is 0 Å². The van der Waals surface area contributed by atoms with Gasteiger partial charge in [0.2, 0.25) is 0 Å². The van der Waals surface area contributed by atoms with Gasteiger partial charge >= 0.3 is 0 Å². The molecule has 0 aliphatic carbocycles. The first-order chi connectivity index (χ1) is 6.76. The number of fused-ring (bicyclic) bond motifs is 1. The summed E-state index contributed by atoms with van der Waals surface area (Å²) in [5.74, 6) is 0.492. The fraction of sp³-hybridized carbons (Fsp3) is 0.100. The number of carbonyl (C=O) groups excluding carboxylic acids is 1. The number of hydrogen-bond donors (Lipinski definition) is 1. The van der Waals surface area contributed by atoms with Gasteiger partial charge in [-0.1, -0.05) is 12.1 Å². The van der Waals surface area contributed by atoms with Gasteiger partial charge in [-0.05, 0) is 11.6 Å². The zero-order valence-electron chi connectivity index (χ0n) is 7.16. The Morgan fingerprint density at radius 2 is 2.29 bits per heavy atom. The monoisotopic (exact) mass is 242 g/mol. The Morgan fingerprint density at radius 1 is 1.50 bits per heavy atom. The second-order valence-corrected chi connectivity index (χ2v) is 4.70. The third-order valence-electron chi connectivity index (χ3n) is 2.02. The lowest BCUT2D eigenvalue weighted by Gasteiger charge is -1.94. The minimum absolute atomic E-state index is 0.492. The van der Waals surface area contributed by atoms with Crippen molar-refractivity contribution in [1.82, 2.24) is 0 Å². The summed E-state index contributed by atoms with van der Waals surface area (Å²) in [5, 5.41) is 1.02. The van der Waals surface area contributed by atoms with Gasteiger partial charge in [-0.15, -0.1) is 35.6 Å². The highest BCUT2D eigenvalue weighted by molar-refractivity contribution is 7.81. The summed E-state index contributed by atoms with van der Waals surface area (Å²) >= 11 is 11.5. The van der Waals surface area contributed by atoms with E-state index in [0.29, 0.717) is 10.8 Å². The number of aldehydes is 1. The number of alkyl halides is 1.